The van der Waals surface area contributed by atoms with Crippen LogP contribution in [0.1, 0.15) is 61.1 Å². The van der Waals surface area contributed by atoms with Crippen molar-refractivity contribution in [2.75, 3.05) is 9.80 Å². The van der Waals surface area contributed by atoms with Gasteiger partial charge in [0.2, 0.25) is 0 Å². The fourth-order valence-corrected chi connectivity index (χ4v) is 13.5. The average Bonchev–Trinajstić information content (AvgIpc) is 3.96. The molecule has 0 saturated carbocycles. The third kappa shape index (κ3) is 6.76. The summed E-state index contributed by atoms with van der Waals surface area (Å²) in [4.78, 5) is 4.55. The number of nitriles is 2. The van der Waals surface area contributed by atoms with Crippen molar-refractivity contribution in [1.82, 2.24) is 9.13 Å². The minimum atomic E-state index is -0.520. The number of aromatic nitrogens is 2. The third-order valence-corrected chi connectivity index (χ3v) is 15.8. The molecule has 0 spiro atoms. The highest BCUT2D eigenvalue weighted by molar-refractivity contribution is 8.01. The van der Waals surface area contributed by atoms with Gasteiger partial charge in [0.05, 0.1) is 44.6 Å². The molecule has 3 heterocycles. The zero-order chi connectivity index (χ0) is 48.8. The van der Waals surface area contributed by atoms with Gasteiger partial charge in [-0.2, -0.15) is 10.5 Å². The van der Waals surface area contributed by atoms with Gasteiger partial charge >= 0.3 is 0 Å². The molecule has 12 rings (SSSR count). The first kappa shape index (κ1) is 43.8. The Kier molecular flexibility index (Phi) is 10.2. The fourth-order valence-electron chi connectivity index (χ4n) is 11.6. The van der Waals surface area contributed by atoms with Crippen molar-refractivity contribution in [1.29, 1.82) is 10.5 Å². The molecule has 0 N–H and O–H groups in total. The summed E-state index contributed by atoms with van der Waals surface area (Å²) in [5, 5.41) is 28.5. The highest BCUT2D eigenvalue weighted by Crippen LogP contribution is 2.66. The topological polar surface area (TPSA) is 63.9 Å². The summed E-state index contributed by atoms with van der Waals surface area (Å²) < 4.78 is 3.63. The van der Waals surface area contributed by atoms with Crippen LogP contribution in [-0.4, -0.2) is 9.13 Å². The second-order valence-corrected chi connectivity index (χ2v) is 21.8. The van der Waals surface area contributed by atoms with Crippen molar-refractivity contribution in [3.05, 3.63) is 228 Å². The molecule has 0 saturated heterocycles. The zero-order valence-corrected chi connectivity index (χ0v) is 41.4. The molecule has 7 heteroatoms. The highest BCUT2D eigenvalue weighted by Gasteiger charge is 2.50. The molecular formula is C64H50N6S. The van der Waals surface area contributed by atoms with E-state index in [0.717, 1.165) is 111 Å². The number of rotatable bonds is 8. The first-order valence-corrected chi connectivity index (χ1v) is 25.0. The Morgan fingerprint density at radius 2 is 0.761 bits per heavy atom. The van der Waals surface area contributed by atoms with E-state index in [2.05, 4.69) is 255 Å². The third-order valence-electron chi connectivity index (χ3n) is 14.4. The van der Waals surface area contributed by atoms with Crippen LogP contribution in [0.4, 0.5) is 34.1 Å². The van der Waals surface area contributed by atoms with Crippen LogP contribution >= 0.6 is 11.8 Å². The maximum Gasteiger partial charge on any atom is 0.103 e. The molecule has 0 bridgehead atoms. The van der Waals surface area contributed by atoms with Crippen molar-refractivity contribution in [2.24, 2.45) is 0 Å². The number of thioether (sulfide) groups is 1. The van der Waals surface area contributed by atoms with Crippen molar-refractivity contribution >= 4 is 89.5 Å². The monoisotopic (exact) mass is 934 g/mol. The average molecular weight is 935 g/mol. The minimum Gasteiger partial charge on any atom is -0.309 e. The van der Waals surface area contributed by atoms with Crippen molar-refractivity contribution < 1.29 is 0 Å². The van der Waals surface area contributed by atoms with Crippen LogP contribution in [0.3, 0.4) is 0 Å². The standard InChI is InChI=1S/C64H50N6S/c1-41-21-13-17-29-53(41)69(45-33-35-49-47-27-15-19-31-55(47)67(57(49)37-45)43-23-9-7-10-24-43)61-51(39-65)52(40-66)62(60-59(61)63(3,4)71-64(60,5)6)70(54-30-18-14-22-42(54)2)46-34-36-50-48-28-16-20-32-56(48)68(58(50)38-46)44-25-11-8-12-26-44/h7-38H,1-6H3. The Morgan fingerprint density at radius 3 is 1.15 bits per heavy atom. The first-order valence-electron chi connectivity index (χ1n) is 24.1. The summed E-state index contributed by atoms with van der Waals surface area (Å²) in [5.74, 6) is 0. The van der Waals surface area contributed by atoms with E-state index in [-0.39, 0.29) is 0 Å². The van der Waals surface area contributed by atoms with Gasteiger partial charge in [-0.15, -0.1) is 11.8 Å². The van der Waals surface area contributed by atoms with Crippen LogP contribution in [0, 0.1) is 36.5 Å². The molecule has 11 aromatic rings. The first-order chi connectivity index (χ1) is 34.5. The molecule has 0 unspecified atom stereocenters. The molecule has 1 aliphatic heterocycles. The Morgan fingerprint density at radius 1 is 0.408 bits per heavy atom. The van der Waals surface area contributed by atoms with Crippen LogP contribution < -0.4 is 9.80 Å². The molecule has 6 nitrogen and oxygen atoms in total. The number of benzene rings is 9. The lowest BCUT2D eigenvalue weighted by atomic mass is 9.81. The number of para-hydroxylation sites is 6. The molecule has 0 amide bonds. The summed E-state index contributed by atoms with van der Waals surface area (Å²) in [5.41, 5.74) is 16.4. The molecule has 9 aromatic carbocycles. The summed E-state index contributed by atoms with van der Waals surface area (Å²) in [6, 6.07) is 73.7. The number of fused-ring (bicyclic) bond motifs is 7. The van der Waals surface area contributed by atoms with Crippen LogP contribution in [0.2, 0.25) is 0 Å². The quantitative estimate of drug-likeness (QED) is 0.152. The predicted octanol–water partition coefficient (Wildman–Crippen LogP) is 17.4. The van der Waals surface area contributed by atoms with E-state index in [4.69, 9.17) is 0 Å². The number of aryl methyl sites for hydroxylation is 2. The Balaban J connectivity index is 1.20. The number of anilines is 6. The maximum atomic E-state index is 12.0. The van der Waals surface area contributed by atoms with Gasteiger partial charge in [-0.25, -0.2) is 0 Å². The van der Waals surface area contributed by atoms with Crippen LogP contribution in [0.25, 0.3) is 55.0 Å². The van der Waals surface area contributed by atoms with E-state index in [1.807, 2.05) is 23.9 Å². The van der Waals surface area contributed by atoms with Crippen LogP contribution in [-0.2, 0) is 9.49 Å². The summed E-state index contributed by atoms with van der Waals surface area (Å²) in [6.07, 6.45) is 0. The van der Waals surface area contributed by atoms with E-state index < -0.39 is 9.49 Å². The molecule has 342 valence electrons. The molecular weight excluding hydrogens is 885 g/mol. The lowest BCUT2D eigenvalue weighted by Crippen LogP contribution is -2.24. The van der Waals surface area contributed by atoms with Gasteiger partial charge in [-0.05, 0) is 137 Å². The van der Waals surface area contributed by atoms with Crippen molar-refractivity contribution in [2.45, 2.75) is 51.0 Å². The fraction of sp³-hybridized carbons (Fsp3) is 0.125. The van der Waals surface area contributed by atoms with Crippen molar-refractivity contribution in [3.8, 4) is 23.5 Å². The minimum absolute atomic E-state index is 0.331. The molecule has 0 radical (unpaired) electrons. The van der Waals surface area contributed by atoms with E-state index in [0.29, 0.717) is 11.1 Å². The van der Waals surface area contributed by atoms with E-state index in [9.17, 15) is 10.5 Å². The van der Waals surface area contributed by atoms with Crippen LogP contribution in [0.15, 0.2) is 194 Å². The lowest BCUT2D eigenvalue weighted by Gasteiger charge is -2.37. The van der Waals surface area contributed by atoms with E-state index in [1.165, 1.54) is 0 Å². The molecule has 1 aliphatic rings. The van der Waals surface area contributed by atoms with Crippen molar-refractivity contribution in [3.63, 3.8) is 0 Å². The number of hydrogen-bond acceptors (Lipinski definition) is 5. The molecule has 71 heavy (non-hydrogen) atoms. The molecule has 0 atom stereocenters. The van der Waals surface area contributed by atoms with Gasteiger partial charge in [0, 0.05) is 65.2 Å². The summed E-state index contributed by atoms with van der Waals surface area (Å²) in [6.45, 7) is 13.4. The van der Waals surface area contributed by atoms with E-state index >= 15 is 0 Å². The van der Waals surface area contributed by atoms with E-state index in [1.54, 1.807) is 0 Å². The Hall–Kier alpha value is -8.49. The second kappa shape index (κ2) is 16.6. The second-order valence-electron chi connectivity index (χ2n) is 19.6. The Bertz CT molecular complexity index is 3770. The SMILES string of the molecule is Cc1ccccc1N(c1ccc2c3ccccc3n(-c3ccccc3)c2c1)c1c(C#N)c(C#N)c(N(c2ccc3c4ccccc4n(-c4ccccc4)c3c2)c2ccccc2C)c2c1C(C)(C)SC2(C)C. The number of nitrogens with zero attached hydrogens (tertiary/aromatic N) is 6. The Labute approximate surface area is 418 Å². The van der Waals surface area contributed by atoms with Gasteiger partial charge in [-0.3, -0.25) is 0 Å². The molecule has 2 aromatic heterocycles. The lowest BCUT2D eigenvalue weighted by molar-refractivity contribution is 0.784. The zero-order valence-electron chi connectivity index (χ0n) is 40.6. The summed E-state index contributed by atoms with van der Waals surface area (Å²) >= 11 is 1.87. The van der Waals surface area contributed by atoms with Gasteiger partial charge in [0.25, 0.3) is 0 Å². The van der Waals surface area contributed by atoms with Gasteiger partial charge in [0.1, 0.15) is 12.1 Å². The number of hydrogen-bond donors (Lipinski definition) is 0. The molecule has 0 aliphatic carbocycles. The predicted molar refractivity (Wildman–Crippen MR) is 297 cm³/mol. The van der Waals surface area contributed by atoms with Crippen LogP contribution in [0.5, 0.6) is 0 Å². The van der Waals surface area contributed by atoms with Gasteiger partial charge in [0.15, 0.2) is 0 Å². The summed E-state index contributed by atoms with van der Waals surface area (Å²) in [7, 11) is 0. The van der Waals surface area contributed by atoms with Gasteiger partial charge < -0.3 is 18.9 Å². The molecule has 0 fully saturated rings. The maximum absolute atomic E-state index is 12.0. The van der Waals surface area contributed by atoms with Gasteiger partial charge in [-0.1, -0.05) is 121 Å². The largest absolute Gasteiger partial charge is 0.309 e. The normalized spacial score (nSPS) is 13.6. The highest BCUT2D eigenvalue weighted by atomic mass is 32.2. The smallest absolute Gasteiger partial charge is 0.103 e.